The third-order valence-electron chi connectivity index (χ3n) is 3.01. The second-order valence-corrected chi connectivity index (χ2v) is 4.61. The number of aliphatic carboxylic acids is 1. The lowest BCUT2D eigenvalue weighted by atomic mass is 10.2. The molecule has 0 aromatic rings. The van der Waals surface area contributed by atoms with Gasteiger partial charge in [0.2, 0.25) is 0 Å². The monoisotopic (exact) mass is 273 g/mol. The van der Waals surface area contributed by atoms with Crippen LogP contribution in [0.15, 0.2) is 0 Å². The highest BCUT2D eigenvalue weighted by Gasteiger charge is 2.08. The highest BCUT2D eigenvalue weighted by molar-refractivity contribution is 5.75. The van der Waals surface area contributed by atoms with Crippen LogP contribution in [0.2, 0.25) is 0 Å². The van der Waals surface area contributed by atoms with Crippen molar-refractivity contribution in [1.29, 1.82) is 0 Å². The summed E-state index contributed by atoms with van der Waals surface area (Å²) < 4.78 is 0. The average Bonchev–Trinajstić information content (AvgIpc) is 2.34. The molecule has 0 aromatic heterocycles. The van der Waals surface area contributed by atoms with Crippen LogP contribution in [-0.4, -0.2) is 54.2 Å². The van der Waals surface area contributed by atoms with Crippen molar-refractivity contribution in [1.82, 2.24) is 15.5 Å². The Bertz CT molecular complexity index is 268. The smallest absolute Gasteiger partial charge is 0.315 e. The number of urea groups is 1. The van der Waals surface area contributed by atoms with E-state index in [1.165, 1.54) is 0 Å². The van der Waals surface area contributed by atoms with Crippen molar-refractivity contribution in [3.63, 3.8) is 0 Å². The van der Waals surface area contributed by atoms with Gasteiger partial charge < -0.3 is 20.6 Å². The van der Waals surface area contributed by atoms with Gasteiger partial charge in [0, 0.05) is 12.6 Å². The van der Waals surface area contributed by atoms with Crippen molar-refractivity contribution in [3.05, 3.63) is 0 Å². The van der Waals surface area contributed by atoms with Crippen LogP contribution in [0.3, 0.4) is 0 Å². The zero-order chi connectivity index (χ0) is 14.7. The maximum atomic E-state index is 11.4. The minimum Gasteiger partial charge on any atom is -0.481 e. The van der Waals surface area contributed by atoms with E-state index >= 15 is 0 Å². The van der Waals surface area contributed by atoms with Gasteiger partial charge in [-0.05, 0) is 39.4 Å². The summed E-state index contributed by atoms with van der Waals surface area (Å²) in [5.41, 5.74) is 0. The van der Waals surface area contributed by atoms with Crippen LogP contribution < -0.4 is 10.6 Å². The van der Waals surface area contributed by atoms with Gasteiger partial charge in [0.05, 0.1) is 6.42 Å². The van der Waals surface area contributed by atoms with Gasteiger partial charge in [-0.15, -0.1) is 0 Å². The van der Waals surface area contributed by atoms with Gasteiger partial charge in [0.1, 0.15) is 0 Å². The number of carboxylic acids is 1. The van der Waals surface area contributed by atoms with E-state index in [-0.39, 0.29) is 25.0 Å². The maximum Gasteiger partial charge on any atom is 0.315 e. The van der Waals surface area contributed by atoms with Crippen molar-refractivity contribution >= 4 is 12.0 Å². The summed E-state index contributed by atoms with van der Waals surface area (Å²) in [6.07, 6.45) is 1.91. The first-order valence-corrected chi connectivity index (χ1v) is 6.98. The second kappa shape index (κ2) is 10.6. The fraction of sp³-hybridized carbons (Fsp3) is 0.846. The van der Waals surface area contributed by atoms with Crippen LogP contribution in [-0.2, 0) is 4.79 Å². The third kappa shape index (κ3) is 10.3. The molecule has 0 rings (SSSR count). The second-order valence-electron chi connectivity index (χ2n) is 4.61. The molecule has 6 nitrogen and oxygen atoms in total. The molecule has 3 N–H and O–H groups in total. The minimum absolute atomic E-state index is 0.0518. The van der Waals surface area contributed by atoms with Gasteiger partial charge in [-0.25, -0.2) is 4.79 Å². The molecule has 0 aromatic carbocycles. The lowest BCUT2D eigenvalue weighted by molar-refractivity contribution is -0.136. The Hall–Kier alpha value is -1.30. The van der Waals surface area contributed by atoms with Gasteiger partial charge in [-0.2, -0.15) is 0 Å². The summed E-state index contributed by atoms with van der Waals surface area (Å²) in [4.78, 5) is 24.1. The number of nitrogens with zero attached hydrogens (tertiary/aromatic N) is 1. The van der Waals surface area contributed by atoms with Gasteiger partial charge >= 0.3 is 12.0 Å². The lowest BCUT2D eigenvalue weighted by Crippen LogP contribution is -2.41. The molecule has 112 valence electrons. The fourth-order valence-electron chi connectivity index (χ4n) is 1.79. The van der Waals surface area contributed by atoms with Crippen molar-refractivity contribution in [3.8, 4) is 0 Å². The van der Waals surface area contributed by atoms with E-state index in [1.807, 2.05) is 6.92 Å². The first-order chi connectivity index (χ1) is 8.99. The molecule has 19 heavy (non-hydrogen) atoms. The number of hydrogen-bond donors (Lipinski definition) is 3. The first-order valence-electron chi connectivity index (χ1n) is 6.98. The lowest BCUT2D eigenvalue weighted by Gasteiger charge is -2.19. The molecule has 1 atom stereocenters. The molecule has 6 heteroatoms. The Morgan fingerprint density at radius 2 is 1.89 bits per heavy atom. The number of rotatable bonds is 10. The zero-order valence-electron chi connectivity index (χ0n) is 12.2. The molecule has 0 bridgehead atoms. The Balaban J connectivity index is 3.64. The number of amides is 2. The summed E-state index contributed by atoms with van der Waals surface area (Å²) in [6.45, 7) is 9.54. The Morgan fingerprint density at radius 1 is 1.26 bits per heavy atom. The average molecular weight is 273 g/mol. The molecule has 0 aliphatic heterocycles. The molecular weight excluding hydrogens is 246 g/mol. The van der Waals surface area contributed by atoms with Crippen LogP contribution in [0, 0.1) is 0 Å². The van der Waals surface area contributed by atoms with Gasteiger partial charge in [0.25, 0.3) is 0 Å². The summed E-state index contributed by atoms with van der Waals surface area (Å²) in [5.74, 6) is -0.910. The summed E-state index contributed by atoms with van der Waals surface area (Å²) >= 11 is 0. The van der Waals surface area contributed by atoms with Crippen molar-refractivity contribution in [2.75, 3.05) is 26.2 Å². The highest BCUT2D eigenvalue weighted by atomic mass is 16.4. The summed E-state index contributed by atoms with van der Waals surface area (Å²) in [7, 11) is 0. The largest absolute Gasteiger partial charge is 0.481 e. The van der Waals surface area contributed by atoms with E-state index in [9.17, 15) is 9.59 Å². The quantitative estimate of drug-likeness (QED) is 0.560. The maximum absolute atomic E-state index is 11.4. The van der Waals surface area contributed by atoms with E-state index < -0.39 is 5.97 Å². The van der Waals surface area contributed by atoms with Crippen molar-refractivity contribution in [2.24, 2.45) is 0 Å². The van der Waals surface area contributed by atoms with Crippen LogP contribution in [0.1, 0.15) is 40.0 Å². The molecule has 1 unspecified atom stereocenters. The third-order valence-corrected chi connectivity index (χ3v) is 3.01. The van der Waals surface area contributed by atoms with Crippen LogP contribution in [0.4, 0.5) is 4.79 Å². The summed E-state index contributed by atoms with van der Waals surface area (Å²) in [5, 5.41) is 13.8. The molecule has 0 saturated carbocycles. The molecule has 0 aliphatic carbocycles. The summed E-state index contributed by atoms with van der Waals surface area (Å²) in [6, 6.07) is -0.197. The van der Waals surface area contributed by atoms with Crippen molar-refractivity contribution < 1.29 is 14.7 Å². The molecule has 0 spiro atoms. The van der Waals surface area contributed by atoms with E-state index in [1.54, 1.807) is 0 Å². The van der Waals surface area contributed by atoms with Gasteiger partial charge in [-0.3, -0.25) is 4.79 Å². The molecule has 0 fully saturated rings. The Kier molecular flexibility index (Phi) is 9.88. The number of carbonyl (C=O) groups is 2. The number of hydrogen-bond acceptors (Lipinski definition) is 3. The molecule has 0 saturated heterocycles. The van der Waals surface area contributed by atoms with E-state index in [0.717, 1.165) is 32.5 Å². The van der Waals surface area contributed by atoms with E-state index in [0.29, 0.717) is 0 Å². The van der Waals surface area contributed by atoms with Crippen molar-refractivity contribution in [2.45, 2.75) is 46.1 Å². The Morgan fingerprint density at radius 3 is 2.42 bits per heavy atom. The highest BCUT2D eigenvalue weighted by Crippen LogP contribution is 1.99. The topological polar surface area (TPSA) is 81.7 Å². The zero-order valence-corrected chi connectivity index (χ0v) is 12.2. The minimum atomic E-state index is -0.910. The van der Waals surface area contributed by atoms with Gasteiger partial charge in [-0.1, -0.05) is 13.8 Å². The molecule has 0 aliphatic rings. The van der Waals surface area contributed by atoms with Gasteiger partial charge in [0.15, 0.2) is 0 Å². The number of carboxylic acid groups (broad SMARTS) is 1. The molecular formula is C13H27N3O3. The first kappa shape index (κ1) is 17.7. The fourth-order valence-corrected chi connectivity index (χ4v) is 1.79. The predicted octanol–water partition coefficient (Wildman–Crippen LogP) is 1.27. The molecule has 0 heterocycles. The van der Waals surface area contributed by atoms with Crippen LogP contribution in [0.5, 0.6) is 0 Å². The van der Waals surface area contributed by atoms with E-state index in [4.69, 9.17) is 5.11 Å². The standard InChI is InChI=1S/C13H27N3O3/c1-4-16(5-2)10-6-7-11(3)15-13(19)14-9-8-12(17)18/h11H,4-10H2,1-3H3,(H,17,18)(H2,14,15,19). The number of nitrogens with one attached hydrogen (secondary N) is 2. The predicted molar refractivity (Wildman–Crippen MR) is 75.3 cm³/mol. The normalized spacial score (nSPS) is 12.2. The van der Waals surface area contributed by atoms with Crippen LogP contribution in [0.25, 0.3) is 0 Å². The Labute approximate surface area is 115 Å². The molecule has 0 radical (unpaired) electrons. The van der Waals surface area contributed by atoms with Crippen LogP contribution >= 0.6 is 0 Å². The van der Waals surface area contributed by atoms with E-state index in [2.05, 4.69) is 29.4 Å². The molecule has 2 amide bonds. The SMILES string of the molecule is CCN(CC)CCCC(C)NC(=O)NCCC(=O)O. The number of carbonyl (C=O) groups excluding carboxylic acids is 1.